The molecule has 0 saturated carbocycles. The Morgan fingerprint density at radius 3 is 2.86 bits per heavy atom. The van der Waals surface area contributed by atoms with Crippen LogP contribution in [0.2, 0.25) is 0 Å². The Hall–Kier alpha value is -3.28. The molecule has 0 aliphatic carbocycles. The van der Waals surface area contributed by atoms with Gasteiger partial charge in [-0.25, -0.2) is 0 Å². The van der Waals surface area contributed by atoms with Gasteiger partial charge in [0.05, 0.1) is 12.2 Å². The van der Waals surface area contributed by atoms with Gasteiger partial charge in [-0.3, -0.25) is 9.59 Å². The Bertz CT molecular complexity index is 949. The van der Waals surface area contributed by atoms with Crippen molar-refractivity contribution in [1.29, 1.82) is 0 Å². The molecule has 6 nitrogen and oxygen atoms in total. The number of para-hydroxylation sites is 1. The van der Waals surface area contributed by atoms with E-state index in [0.717, 1.165) is 29.3 Å². The Kier molecular flexibility index (Phi) is 6.68. The standard InChI is InChI=1S/C22H24N2O4/c1-2-11-27-18-8-7-17(14-25)21(12-18)28-15-22(26)23-10-9-16-13-24-20-6-4-3-5-19(16)20/h3-8,12-14,24H,2,9-11,15H2,1H3,(H,23,26). The molecule has 3 rings (SSSR count). The Morgan fingerprint density at radius 2 is 2.04 bits per heavy atom. The van der Waals surface area contributed by atoms with E-state index in [1.54, 1.807) is 18.2 Å². The maximum atomic E-state index is 12.1. The van der Waals surface area contributed by atoms with Crippen LogP contribution in [-0.4, -0.2) is 36.9 Å². The summed E-state index contributed by atoms with van der Waals surface area (Å²) in [4.78, 5) is 26.5. The summed E-state index contributed by atoms with van der Waals surface area (Å²) < 4.78 is 11.1. The van der Waals surface area contributed by atoms with Crippen LogP contribution in [-0.2, 0) is 11.2 Å². The molecular formula is C22H24N2O4. The number of carbonyl (C=O) groups excluding carboxylic acids is 2. The lowest BCUT2D eigenvalue weighted by molar-refractivity contribution is -0.123. The fraction of sp³-hybridized carbons (Fsp3) is 0.273. The molecule has 0 aliphatic heterocycles. The molecule has 0 saturated heterocycles. The number of fused-ring (bicyclic) bond motifs is 1. The first-order valence-corrected chi connectivity index (χ1v) is 9.37. The second-order valence-corrected chi connectivity index (χ2v) is 6.41. The number of benzene rings is 2. The fourth-order valence-corrected chi connectivity index (χ4v) is 2.92. The number of H-pyrrole nitrogens is 1. The van der Waals surface area contributed by atoms with Crippen LogP contribution in [0.3, 0.4) is 0 Å². The maximum Gasteiger partial charge on any atom is 0.257 e. The fourth-order valence-electron chi connectivity index (χ4n) is 2.92. The van der Waals surface area contributed by atoms with Crippen molar-refractivity contribution in [3.05, 3.63) is 59.8 Å². The van der Waals surface area contributed by atoms with Gasteiger partial charge in [0.25, 0.3) is 5.91 Å². The van der Waals surface area contributed by atoms with Crippen LogP contribution in [0, 0.1) is 0 Å². The van der Waals surface area contributed by atoms with E-state index < -0.39 is 0 Å². The molecule has 0 radical (unpaired) electrons. The van der Waals surface area contributed by atoms with E-state index in [1.165, 1.54) is 0 Å². The summed E-state index contributed by atoms with van der Waals surface area (Å²) in [5.41, 5.74) is 2.62. The number of aldehydes is 1. The summed E-state index contributed by atoms with van der Waals surface area (Å²) in [6, 6.07) is 13.0. The minimum absolute atomic E-state index is 0.161. The largest absolute Gasteiger partial charge is 0.493 e. The van der Waals surface area contributed by atoms with Crippen LogP contribution in [0.4, 0.5) is 0 Å². The number of amides is 1. The van der Waals surface area contributed by atoms with Gasteiger partial charge in [-0.15, -0.1) is 0 Å². The molecule has 28 heavy (non-hydrogen) atoms. The highest BCUT2D eigenvalue weighted by Crippen LogP contribution is 2.24. The Labute approximate surface area is 163 Å². The minimum atomic E-state index is -0.239. The van der Waals surface area contributed by atoms with Gasteiger partial charge in [0.2, 0.25) is 0 Å². The van der Waals surface area contributed by atoms with Gasteiger partial charge in [0.1, 0.15) is 11.5 Å². The van der Waals surface area contributed by atoms with E-state index in [-0.39, 0.29) is 12.5 Å². The highest BCUT2D eigenvalue weighted by Gasteiger charge is 2.09. The van der Waals surface area contributed by atoms with Crippen molar-refractivity contribution in [3.8, 4) is 11.5 Å². The topological polar surface area (TPSA) is 80.4 Å². The van der Waals surface area contributed by atoms with Crippen molar-refractivity contribution in [2.24, 2.45) is 0 Å². The van der Waals surface area contributed by atoms with E-state index in [1.807, 2.05) is 31.3 Å². The van der Waals surface area contributed by atoms with Crippen molar-refractivity contribution in [1.82, 2.24) is 10.3 Å². The van der Waals surface area contributed by atoms with E-state index in [0.29, 0.717) is 36.5 Å². The van der Waals surface area contributed by atoms with Crippen molar-refractivity contribution >= 4 is 23.1 Å². The molecule has 1 heterocycles. The molecule has 0 unspecified atom stereocenters. The average molecular weight is 380 g/mol. The maximum absolute atomic E-state index is 12.1. The van der Waals surface area contributed by atoms with Crippen LogP contribution in [0.1, 0.15) is 29.3 Å². The summed E-state index contributed by atoms with van der Waals surface area (Å²) in [5, 5.41) is 4.00. The zero-order chi connectivity index (χ0) is 19.8. The predicted molar refractivity (Wildman–Crippen MR) is 108 cm³/mol. The number of nitrogens with one attached hydrogen (secondary N) is 2. The number of ether oxygens (including phenoxy) is 2. The lowest BCUT2D eigenvalue weighted by Crippen LogP contribution is -2.30. The molecule has 2 N–H and O–H groups in total. The molecule has 0 bridgehead atoms. The second-order valence-electron chi connectivity index (χ2n) is 6.41. The van der Waals surface area contributed by atoms with Crippen LogP contribution in [0.15, 0.2) is 48.7 Å². The molecule has 6 heteroatoms. The molecule has 2 aromatic carbocycles. The molecule has 3 aromatic rings. The van der Waals surface area contributed by atoms with Crippen molar-refractivity contribution < 1.29 is 19.1 Å². The van der Waals surface area contributed by atoms with Crippen LogP contribution >= 0.6 is 0 Å². The third kappa shape index (κ3) is 4.91. The number of aromatic amines is 1. The van der Waals surface area contributed by atoms with E-state index in [9.17, 15) is 9.59 Å². The first-order valence-electron chi connectivity index (χ1n) is 9.37. The normalized spacial score (nSPS) is 10.6. The first-order chi connectivity index (χ1) is 13.7. The Balaban J connectivity index is 1.50. The quantitative estimate of drug-likeness (QED) is 0.528. The SMILES string of the molecule is CCCOc1ccc(C=O)c(OCC(=O)NCCc2c[nH]c3ccccc23)c1. The van der Waals surface area contributed by atoms with Gasteiger partial charge >= 0.3 is 0 Å². The number of aromatic nitrogens is 1. The summed E-state index contributed by atoms with van der Waals surface area (Å²) in [6.45, 7) is 2.93. The summed E-state index contributed by atoms with van der Waals surface area (Å²) in [5.74, 6) is 0.717. The predicted octanol–water partition coefficient (Wildman–Crippen LogP) is 3.51. The van der Waals surface area contributed by atoms with Gasteiger partial charge in [-0.05, 0) is 36.6 Å². The molecule has 0 atom stereocenters. The van der Waals surface area contributed by atoms with E-state index >= 15 is 0 Å². The number of hydrogen-bond acceptors (Lipinski definition) is 4. The molecule has 1 aromatic heterocycles. The van der Waals surface area contributed by atoms with Crippen molar-refractivity contribution in [2.45, 2.75) is 19.8 Å². The van der Waals surface area contributed by atoms with Gasteiger partial charge in [-0.1, -0.05) is 25.1 Å². The van der Waals surface area contributed by atoms with Gasteiger partial charge in [0.15, 0.2) is 12.9 Å². The van der Waals surface area contributed by atoms with Crippen LogP contribution < -0.4 is 14.8 Å². The monoisotopic (exact) mass is 380 g/mol. The second kappa shape index (κ2) is 9.60. The number of hydrogen-bond donors (Lipinski definition) is 2. The molecular weight excluding hydrogens is 356 g/mol. The third-order valence-corrected chi connectivity index (χ3v) is 4.34. The summed E-state index contributed by atoms with van der Waals surface area (Å²) in [6.07, 6.45) is 4.26. The van der Waals surface area contributed by atoms with Crippen LogP contribution in [0.25, 0.3) is 10.9 Å². The van der Waals surface area contributed by atoms with Gasteiger partial charge < -0.3 is 19.8 Å². The van der Waals surface area contributed by atoms with E-state index in [2.05, 4.69) is 16.4 Å². The first kappa shape index (κ1) is 19.5. The summed E-state index contributed by atoms with van der Waals surface area (Å²) >= 11 is 0. The van der Waals surface area contributed by atoms with E-state index in [4.69, 9.17) is 9.47 Å². The zero-order valence-corrected chi connectivity index (χ0v) is 15.9. The summed E-state index contributed by atoms with van der Waals surface area (Å²) in [7, 11) is 0. The van der Waals surface area contributed by atoms with Gasteiger partial charge in [-0.2, -0.15) is 0 Å². The third-order valence-electron chi connectivity index (χ3n) is 4.34. The minimum Gasteiger partial charge on any atom is -0.493 e. The molecule has 1 amide bonds. The Morgan fingerprint density at radius 1 is 1.18 bits per heavy atom. The zero-order valence-electron chi connectivity index (χ0n) is 15.9. The lowest BCUT2D eigenvalue weighted by Gasteiger charge is -2.11. The highest BCUT2D eigenvalue weighted by atomic mass is 16.5. The lowest BCUT2D eigenvalue weighted by atomic mass is 10.1. The number of carbonyl (C=O) groups is 2. The average Bonchev–Trinajstić information content (AvgIpc) is 3.14. The molecule has 146 valence electrons. The van der Waals surface area contributed by atoms with Crippen molar-refractivity contribution in [2.75, 3.05) is 19.8 Å². The molecule has 0 aliphatic rings. The smallest absolute Gasteiger partial charge is 0.257 e. The molecule has 0 fully saturated rings. The molecule has 0 spiro atoms. The number of rotatable bonds is 10. The van der Waals surface area contributed by atoms with Gasteiger partial charge in [0, 0.05) is 29.7 Å². The van der Waals surface area contributed by atoms with Crippen LogP contribution in [0.5, 0.6) is 11.5 Å². The van der Waals surface area contributed by atoms with Crippen molar-refractivity contribution in [3.63, 3.8) is 0 Å². The highest BCUT2D eigenvalue weighted by molar-refractivity contribution is 5.83.